The third-order valence-corrected chi connectivity index (χ3v) is 4.52. The van der Waals surface area contributed by atoms with Gasteiger partial charge in [0.25, 0.3) is 0 Å². The van der Waals surface area contributed by atoms with Crippen LogP contribution in [0, 0.1) is 0 Å². The Morgan fingerprint density at radius 1 is 0.722 bits per heavy atom. The van der Waals surface area contributed by atoms with E-state index in [1.807, 2.05) is 0 Å². The molecule has 0 aliphatic rings. The summed E-state index contributed by atoms with van der Waals surface area (Å²) >= 11 is 30.5. The molecular formula is C12H3Cl5O. The van der Waals surface area contributed by atoms with Gasteiger partial charge in [0.2, 0.25) is 0 Å². The van der Waals surface area contributed by atoms with Gasteiger partial charge in [-0.2, -0.15) is 0 Å². The molecule has 0 fully saturated rings. The lowest BCUT2D eigenvalue weighted by molar-refractivity contribution is 0.669. The molecular weight excluding hydrogens is 337 g/mol. The minimum atomic E-state index is 0.341. The van der Waals surface area contributed by atoms with Crippen molar-refractivity contribution in [3.8, 4) is 0 Å². The maximum absolute atomic E-state index is 6.19. The fraction of sp³-hybridized carbons (Fsp3) is 0. The second kappa shape index (κ2) is 4.36. The zero-order chi connectivity index (χ0) is 13.0. The van der Waals surface area contributed by atoms with Gasteiger partial charge in [-0.3, -0.25) is 0 Å². The fourth-order valence-electron chi connectivity index (χ4n) is 1.86. The predicted octanol–water partition coefficient (Wildman–Crippen LogP) is 6.85. The fourth-order valence-corrected chi connectivity index (χ4v) is 3.01. The summed E-state index contributed by atoms with van der Waals surface area (Å²) in [6.45, 7) is 0. The molecule has 1 nitrogen and oxygen atoms in total. The number of fused-ring (bicyclic) bond motifs is 3. The standard InChI is InChI=1S/C12H3Cl5O/c13-4-1-2-7-8(10(4)16)9-11(17)5(14)3-6(15)12(9)18-7/h1-3H. The molecule has 0 aliphatic heterocycles. The number of rotatable bonds is 0. The Hall–Kier alpha value is -0.310. The van der Waals surface area contributed by atoms with Gasteiger partial charge in [-0.25, -0.2) is 0 Å². The molecule has 1 aromatic heterocycles. The molecule has 0 spiro atoms. The van der Waals surface area contributed by atoms with Crippen LogP contribution in [0.5, 0.6) is 0 Å². The van der Waals surface area contributed by atoms with Crippen LogP contribution in [0.4, 0.5) is 0 Å². The molecule has 0 bridgehead atoms. The van der Waals surface area contributed by atoms with Gasteiger partial charge in [0, 0.05) is 5.39 Å². The Labute approximate surface area is 127 Å². The van der Waals surface area contributed by atoms with Gasteiger partial charge in [-0.05, 0) is 18.2 Å². The molecule has 3 aromatic rings. The van der Waals surface area contributed by atoms with E-state index in [9.17, 15) is 0 Å². The summed E-state index contributed by atoms with van der Waals surface area (Å²) in [5.41, 5.74) is 1.01. The van der Waals surface area contributed by atoms with Crippen molar-refractivity contribution in [1.82, 2.24) is 0 Å². The SMILES string of the molecule is Clc1ccc2oc3c(Cl)cc(Cl)c(Cl)c3c2c1Cl. The Morgan fingerprint density at radius 2 is 1.39 bits per heavy atom. The second-order valence-electron chi connectivity index (χ2n) is 3.69. The highest BCUT2D eigenvalue weighted by molar-refractivity contribution is 6.52. The third kappa shape index (κ3) is 1.70. The van der Waals surface area contributed by atoms with Crippen LogP contribution >= 0.6 is 58.0 Å². The first-order valence-corrected chi connectivity index (χ1v) is 6.73. The molecule has 6 heteroatoms. The van der Waals surface area contributed by atoms with Gasteiger partial charge in [-0.15, -0.1) is 0 Å². The van der Waals surface area contributed by atoms with Gasteiger partial charge in [-0.1, -0.05) is 58.0 Å². The molecule has 0 unspecified atom stereocenters. The first-order valence-electron chi connectivity index (χ1n) is 4.84. The molecule has 0 radical (unpaired) electrons. The third-order valence-electron chi connectivity index (χ3n) is 2.65. The number of benzene rings is 2. The largest absolute Gasteiger partial charge is 0.454 e. The lowest BCUT2D eigenvalue weighted by Crippen LogP contribution is -1.76. The molecule has 18 heavy (non-hydrogen) atoms. The number of hydrogen-bond donors (Lipinski definition) is 0. The van der Waals surface area contributed by atoms with Gasteiger partial charge in [0.05, 0.1) is 30.5 Å². The van der Waals surface area contributed by atoms with Crippen molar-refractivity contribution in [1.29, 1.82) is 0 Å². The van der Waals surface area contributed by atoms with E-state index < -0.39 is 0 Å². The molecule has 1 heterocycles. The van der Waals surface area contributed by atoms with Crippen molar-refractivity contribution in [3.63, 3.8) is 0 Å². The van der Waals surface area contributed by atoms with Gasteiger partial charge >= 0.3 is 0 Å². The van der Waals surface area contributed by atoms with Crippen molar-refractivity contribution < 1.29 is 4.42 Å². The van der Waals surface area contributed by atoms with Crippen LogP contribution in [0.1, 0.15) is 0 Å². The second-order valence-corrected chi connectivity index (χ2v) is 5.67. The van der Waals surface area contributed by atoms with E-state index in [0.29, 0.717) is 47.1 Å². The maximum atomic E-state index is 6.19. The number of furan rings is 1. The molecule has 0 saturated heterocycles. The van der Waals surface area contributed by atoms with E-state index in [-0.39, 0.29) is 0 Å². The average Bonchev–Trinajstić information content (AvgIpc) is 2.72. The topological polar surface area (TPSA) is 13.1 Å². The predicted molar refractivity (Wildman–Crippen MR) is 78.8 cm³/mol. The Morgan fingerprint density at radius 3 is 2.11 bits per heavy atom. The summed E-state index contributed by atoms with van der Waals surface area (Å²) in [4.78, 5) is 0. The van der Waals surface area contributed by atoms with Crippen molar-refractivity contribution in [3.05, 3.63) is 43.3 Å². The summed E-state index contributed by atoms with van der Waals surface area (Å²) in [5, 5.41) is 3.05. The Kier molecular flexibility index (Phi) is 3.08. The molecule has 0 amide bonds. The quantitative estimate of drug-likeness (QED) is 0.408. The summed E-state index contributed by atoms with van der Waals surface area (Å²) in [6, 6.07) is 4.90. The highest BCUT2D eigenvalue weighted by atomic mass is 35.5. The van der Waals surface area contributed by atoms with Crippen molar-refractivity contribution in [2.24, 2.45) is 0 Å². The zero-order valence-electron chi connectivity index (χ0n) is 8.53. The minimum absolute atomic E-state index is 0.341. The first kappa shape index (κ1) is 12.7. The van der Waals surface area contributed by atoms with Gasteiger partial charge < -0.3 is 4.42 Å². The molecule has 2 aromatic carbocycles. The van der Waals surface area contributed by atoms with Crippen molar-refractivity contribution in [2.75, 3.05) is 0 Å². The summed E-state index contributed by atoms with van der Waals surface area (Å²) < 4.78 is 5.64. The summed E-state index contributed by atoms with van der Waals surface area (Å²) in [5.74, 6) is 0. The van der Waals surface area contributed by atoms with E-state index in [2.05, 4.69) is 0 Å². The highest BCUT2D eigenvalue weighted by Crippen LogP contribution is 2.45. The Balaban J connectivity index is 2.68. The van der Waals surface area contributed by atoms with Crippen LogP contribution in [0.25, 0.3) is 21.9 Å². The van der Waals surface area contributed by atoms with E-state index in [4.69, 9.17) is 62.4 Å². The minimum Gasteiger partial charge on any atom is -0.454 e. The van der Waals surface area contributed by atoms with Gasteiger partial charge in [0.15, 0.2) is 5.58 Å². The van der Waals surface area contributed by atoms with Crippen molar-refractivity contribution in [2.45, 2.75) is 0 Å². The van der Waals surface area contributed by atoms with Crippen LogP contribution in [-0.2, 0) is 0 Å². The smallest absolute Gasteiger partial charge is 0.155 e. The number of halogens is 5. The van der Waals surface area contributed by atoms with Gasteiger partial charge in [0.1, 0.15) is 5.58 Å². The first-order chi connectivity index (χ1) is 8.50. The molecule has 0 N–H and O–H groups in total. The van der Waals surface area contributed by atoms with Crippen LogP contribution < -0.4 is 0 Å². The van der Waals surface area contributed by atoms with E-state index in [0.717, 1.165) is 0 Å². The van der Waals surface area contributed by atoms with Crippen LogP contribution in [-0.4, -0.2) is 0 Å². The lowest BCUT2D eigenvalue weighted by atomic mass is 10.1. The number of hydrogen-bond acceptors (Lipinski definition) is 1. The molecule has 92 valence electrons. The Bertz CT molecular complexity index is 790. The normalized spacial score (nSPS) is 11.6. The zero-order valence-corrected chi connectivity index (χ0v) is 12.3. The summed E-state index contributed by atoms with van der Waals surface area (Å²) in [6.07, 6.45) is 0. The molecule has 0 atom stereocenters. The highest BCUT2D eigenvalue weighted by Gasteiger charge is 2.19. The van der Waals surface area contributed by atoms with Crippen LogP contribution in [0.2, 0.25) is 25.1 Å². The van der Waals surface area contributed by atoms with Crippen LogP contribution in [0.15, 0.2) is 22.6 Å². The van der Waals surface area contributed by atoms with E-state index in [1.165, 1.54) is 6.07 Å². The summed E-state index contributed by atoms with van der Waals surface area (Å²) in [7, 11) is 0. The molecule has 0 aliphatic carbocycles. The van der Waals surface area contributed by atoms with E-state index in [1.54, 1.807) is 12.1 Å². The van der Waals surface area contributed by atoms with Crippen LogP contribution in [0.3, 0.4) is 0 Å². The lowest BCUT2D eigenvalue weighted by Gasteiger charge is -2.00. The van der Waals surface area contributed by atoms with Crippen molar-refractivity contribution >= 4 is 79.9 Å². The monoisotopic (exact) mass is 338 g/mol. The molecule has 3 rings (SSSR count). The molecule has 0 saturated carbocycles. The van der Waals surface area contributed by atoms with E-state index >= 15 is 0 Å². The maximum Gasteiger partial charge on any atom is 0.155 e. The average molecular weight is 340 g/mol.